The average molecular weight is 338 g/mol. The monoisotopic (exact) mass is 338 g/mol. The Balaban J connectivity index is 0.000000277. The smallest absolute Gasteiger partial charge is 0.301 e. The summed E-state index contributed by atoms with van der Waals surface area (Å²) < 4.78 is 41.0. The van der Waals surface area contributed by atoms with Crippen LogP contribution < -0.4 is 9.47 Å². The van der Waals surface area contributed by atoms with Crippen LogP contribution in [-0.2, 0) is 10.1 Å². The summed E-state index contributed by atoms with van der Waals surface area (Å²) in [6, 6.07) is 12.1. The van der Waals surface area contributed by atoms with Gasteiger partial charge < -0.3 is 9.47 Å². The van der Waals surface area contributed by atoms with Crippen LogP contribution in [0.3, 0.4) is 0 Å². The maximum atomic E-state index is 11.1. The van der Waals surface area contributed by atoms with E-state index in [1.165, 1.54) is 26.4 Å². The number of carbonyl (C=O) groups is 1. The fourth-order valence-electron chi connectivity index (χ4n) is 1.80. The number of hydrogen-bond donors (Lipinski definition) is 1. The first-order valence-electron chi connectivity index (χ1n) is 6.53. The van der Waals surface area contributed by atoms with Gasteiger partial charge in [0.1, 0.15) is 17.8 Å². The second kappa shape index (κ2) is 8.30. The zero-order valence-electron chi connectivity index (χ0n) is 13.0. The Morgan fingerprint density at radius 2 is 1.48 bits per heavy atom. The van der Waals surface area contributed by atoms with Crippen LogP contribution in [0.4, 0.5) is 0 Å². The van der Waals surface area contributed by atoms with E-state index in [0.717, 1.165) is 17.4 Å². The Hall–Kier alpha value is -2.38. The molecule has 0 saturated heterocycles. The van der Waals surface area contributed by atoms with Gasteiger partial charge in [0.2, 0.25) is 0 Å². The highest BCUT2D eigenvalue weighted by molar-refractivity contribution is 7.86. The molecule has 0 saturated carbocycles. The lowest BCUT2D eigenvalue weighted by Gasteiger charge is -2.11. The molecule has 0 bridgehead atoms. The topological polar surface area (TPSA) is 89.9 Å². The Bertz CT molecular complexity index is 728. The van der Waals surface area contributed by atoms with E-state index in [1.807, 2.05) is 18.2 Å². The molecule has 124 valence electrons. The molecule has 0 radical (unpaired) electrons. The molecule has 0 aliphatic heterocycles. The lowest BCUT2D eigenvalue weighted by atomic mass is 10.2. The molecule has 0 spiro atoms. The van der Waals surface area contributed by atoms with Gasteiger partial charge >= 0.3 is 10.1 Å². The van der Waals surface area contributed by atoms with Crippen LogP contribution in [0.25, 0.3) is 0 Å². The van der Waals surface area contributed by atoms with E-state index in [-0.39, 0.29) is 16.4 Å². The van der Waals surface area contributed by atoms with E-state index in [1.54, 1.807) is 19.1 Å². The number of aldehydes is 1. The zero-order chi connectivity index (χ0) is 17.5. The first-order valence-corrected chi connectivity index (χ1v) is 7.97. The predicted octanol–water partition coefficient (Wildman–Crippen LogP) is 2.76. The first-order chi connectivity index (χ1) is 10.8. The third-order valence-corrected chi connectivity index (χ3v) is 3.72. The number of ether oxygens (including phenoxy) is 2. The fourth-order valence-corrected chi connectivity index (χ4v) is 2.59. The number of benzene rings is 2. The zero-order valence-corrected chi connectivity index (χ0v) is 13.8. The van der Waals surface area contributed by atoms with Crippen molar-refractivity contribution in [3.05, 3.63) is 53.6 Å². The Kier molecular flexibility index (Phi) is 6.74. The molecule has 0 amide bonds. The normalized spacial score (nSPS) is 10.3. The number of carbonyl (C=O) groups excluding carboxylic acids is 1. The summed E-state index contributed by atoms with van der Waals surface area (Å²) >= 11 is 0. The van der Waals surface area contributed by atoms with Crippen molar-refractivity contribution >= 4 is 16.4 Å². The summed E-state index contributed by atoms with van der Waals surface area (Å²) in [5.74, 6) is 0.128. The van der Waals surface area contributed by atoms with E-state index < -0.39 is 10.1 Å². The largest absolute Gasteiger partial charge is 0.495 e. The molecule has 1 N–H and O–H groups in total. The van der Waals surface area contributed by atoms with Crippen molar-refractivity contribution in [2.75, 3.05) is 14.2 Å². The van der Waals surface area contributed by atoms with E-state index in [2.05, 4.69) is 0 Å². The van der Waals surface area contributed by atoms with E-state index in [4.69, 9.17) is 14.0 Å². The number of methoxy groups -OCH3 is 2. The van der Waals surface area contributed by atoms with Crippen LogP contribution >= 0.6 is 0 Å². The number of aryl methyl sites for hydroxylation is 1. The van der Waals surface area contributed by atoms with Crippen molar-refractivity contribution in [1.82, 2.24) is 0 Å². The van der Waals surface area contributed by atoms with Crippen molar-refractivity contribution in [1.29, 1.82) is 0 Å². The van der Waals surface area contributed by atoms with Gasteiger partial charge in [0.25, 0.3) is 0 Å². The molecule has 2 aromatic rings. The van der Waals surface area contributed by atoms with Gasteiger partial charge in [0, 0.05) is 5.56 Å². The van der Waals surface area contributed by atoms with Gasteiger partial charge in [-0.3, -0.25) is 9.35 Å². The van der Waals surface area contributed by atoms with Gasteiger partial charge in [0.15, 0.2) is 4.90 Å². The third-order valence-electron chi connectivity index (χ3n) is 2.80. The summed E-state index contributed by atoms with van der Waals surface area (Å²) in [4.78, 5) is 9.66. The predicted molar refractivity (Wildman–Crippen MR) is 85.9 cm³/mol. The summed E-state index contributed by atoms with van der Waals surface area (Å²) in [6.07, 6.45) is 0.833. The van der Waals surface area contributed by atoms with Gasteiger partial charge in [-0.25, -0.2) is 0 Å². The SMILES string of the molecule is COc1cc(C)cc(OC)c1S(=O)(=O)O.O=Cc1ccccc1. The molecular formula is C16H18O6S. The van der Waals surface area contributed by atoms with E-state index in [9.17, 15) is 13.2 Å². The lowest BCUT2D eigenvalue weighted by molar-refractivity contribution is 0.112. The van der Waals surface area contributed by atoms with Crippen LogP contribution in [0.1, 0.15) is 15.9 Å². The molecule has 0 atom stereocenters. The number of hydrogen-bond acceptors (Lipinski definition) is 5. The molecule has 0 fully saturated rings. The quantitative estimate of drug-likeness (QED) is 0.681. The average Bonchev–Trinajstić information content (AvgIpc) is 2.54. The highest BCUT2D eigenvalue weighted by Crippen LogP contribution is 2.34. The molecule has 23 heavy (non-hydrogen) atoms. The van der Waals surface area contributed by atoms with Gasteiger partial charge in [-0.1, -0.05) is 30.3 Å². The lowest BCUT2D eigenvalue weighted by Crippen LogP contribution is -2.04. The minimum Gasteiger partial charge on any atom is -0.495 e. The summed E-state index contributed by atoms with van der Waals surface area (Å²) in [7, 11) is -1.71. The summed E-state index contributed by atoms with van der Waals surface area (Å²) in [5.41, 5.74) is 1.50. The standard InChI is InChI=1S/C9H12O5S.C7H6O/c1-6-4-7(13-2)9(15(10,11)12)8(5-6)14-3;8-6-7-4-2-1-3-5-7/h4-5H,1-3H3,(H,10,11,12);1-6H. The Labute approximate surface area is 135 Å². The molecule has 0 heterocycles. The van der Waals surface area contributed by atoms with Crippen molar-refractivity contribution in [3.8, 4) is 11.5 Å². The van der Waals surface area contributed by atoms with Gasteiger partial charge in [0.05, 0.1) is 14.2 Å². The molecule has 6 nitrogen and oxygen atoms in total. The van der Waals surface area contributed by atoms with Crippen LogP contribution in [-0.4, -0.2) is 33.5 Å². The second-order valence-electron chi connectivity index (χ2n) is 4.50. The van der Waals surface area contributed by atoms with Crippen LogP contribution in [0, 0.1) is 6.92 Å². The highest BCUT2D eigenvalue weighted by Gasteiger charge is 2.22. The molecule has 2 rings (SSSR count). The van der Waals surface area contributed by atoms with Crippen molar-refractivity contribution in [2.24, 2.45) is 0 Å². The van der Waals surface area contributed by atoms with Crippen molar-refractivity contribution in [3.63, 3.8) is 0 Å². The number of rotatable bonds is 4. The molecule has 7 heteroatoms. The minimum absolute atomic E-state index is 0.0642. The highest BCUT2D eigenvalue weighted by atomic mass is 32.2. The Morgan fingerprint density at radius 3 is 1.78 bits per heavy atom. The van der Waals surface area contributed by atoms with Crippen LogP contribution in [0.15, 0.2) is 47.4 Å². The molecule has 0 unspecified atom stereocenters. The van der Waals surface area contributed by atoms with E-state index in [0.29, 0.717) is 0 Å². The molecule has 0 aromatic heterocycles. The van der Waals surface area contributed by atoms with Crippen molar-refractivity contribution < 1.29 is 27.2 Å². The summed E-state index contributed by atoms with van der Waals surface area (Å²) in [6.45, 7) is 1.76. The van der Waals surface area contributed by atoms with Crippen LogP contribution in [0.5, 0.6) is 11.5 Å². The maximum Gasteiger partial charge on any atom is 0.301 e. The molecule has 2 aromatic carbocycles. The molecule has 0 aliphatic carbocycles. The Morgan fingerprint density at radius 1 is 1.00 bits per heavy atom. The van der Waals surface area contributed by atoms with Crippen molar-refractivity contribution in [2.45, 2.75) is 11.8 Å². The molecule has 0 aliphatic rings. The maximum absolute atomic E-state index is 11.1. The fraction of sp³-hybridized carbons (Fsp3) is 0.188. The third kappa shape index (κ3) is 5.39. The van der Waals surface area contributed by atoms with E-state index >= 15 is 0 Å². The molecular weight excluding hydrogens is 320 g/mol. The van der Waals surface area contributed by atoms with Gasteiger partial charge in [-0.15, -0.1) is 0 Å². The summed E-state index contributed by atoms with van der Waals surface area (Å²) in [5, 5.41) is 0. The van der Waals surface area contributed by atoms with Crippen LogP contribution in [0.2, 0.25) is 0 Å². The van der Waals surface area contributed by atoms with Gasteiger partial charge in [-0.2, -0.15) is 8.42 Å². The second-order valence-corrected chi connectivity index (χ2v) is 5.86. The minimum atomic E-state index is -4.36. The first kappa shape index (κ1) is 18.7. The van der Waals surface area contributed by atoms with Gasteiger partial charge in [-0.05, 0) is 24.6 Å².